The van der Waals surface area contributed by atoms with Crippen LogP contribution in [0.25, 0.3) is 11.2 Å². The molecule has 2 aromatic heterocycles. The van der Waals surface area contributed by atoms with Crippen molar-refractivity contribution in [3.05, 3.63) is 25.6 Å². The quantitative estimate of drug-likeness (QED) is 0.815. The normalized spacial score (nSPS) is 12.3. The van der Waals surface area contributed by atoms with Crippen molar-refractivity contribution in [3.63, 3.8) is 0 Å². The number of hydrogen-bond acceptors (Lipinski definition) is 4. The molecule has 0 radical (unpaired) electrons. The molecule has 1 N–H and O–H groups in total. The van der Waals surface area contributed by atoms with Gasteiger partial charge in [0, 0.05) is 20.6 Å². The summed E-state index contributed by atoms with van der Waals surface area (Å²) < 4.78 is 4.60. The summed E-state index contributed by atoms with van der Waals surface area (Å²) in [5.41, 5.74) is -0.981. The number of imidazole rings is 1. The molecule has 0 amide bonds. The lowest BCUT2D eigenvalue weighted by Crippen LogP contribution is -2.37. The predicted molar refractivity (Wildman–Crippen MR) is 78.8 cm³/mol. The lowest BCUT2D eigenvalue weighted by atomic mass is 10.1. The van der Waals surface area contributed by atoms with Gasteiger partial charge in [0.1, 0.15) is 0 Å². The molecule has 0 fully saturated rings. The molecule has 0 atom stereocenters. The van der Waals surface area contributed by atoms with Crippen LogP contribution in [0.2, 0.25) is 0 Å². The fraction of sp³-hybridized carbons (Fsp3) is 0.583. The summed E-state index contributed by atoms with van der Waals surface area (Å²) in [5.74, 6) is 0. The van der Waals surface area contributed by atoms with Crippen molar-refractivity contribution in [1.82, 2.24) is 18.7 Å². The van der Waals surface area contributed by atoms with Gasteiger partial charge in [0.25, 0.3) is 5.56 Å². The van der Waals surface area contributed by atoms with E-state index in [1.165, 1.54) is 11.6 Å². The maximum atomic E-state index is 12.1. The van der Waals surface area contributed by atoms with Crippen LogP contribution in [0.1, 0.15) is 20.3 Å². The Morgan fingerprint density at radius 2 is 1.85 bits per heavy atom. The Kier molecular flexibility index (Phi) is 3.64. The van der Waals surface area contributed by atoms with E-state index < -0.39 is 16.9 Å². The van der Waals surface area contributed by atoms with Gasteiger partial charge in [-0.2, -0.15) is 0 Å². The summed E-state index contributed by atoms with van der Waals surface area (Å²) in [6.45, 7) is 3.86. The van der Waals surface area contributed by atoms with E-state index in [1.54, 1.807) is 25.5 Å². The van der Waals surface area contributed by atoms with E-state index in [4.69, 9.17) is 0 Å². The number of halogens is 1. The minimum Gasteiger partial charge on any atom is -0.390 e. The number of rotatable bonds is 3. The summed E-state index contributed by atoms with van der Waals surface area (Å²) in [6, 6.07) is 0. The van der Waals surface area contributed by atoms with Crippen molar-refractivity contribution >= 4 is 27.1 Å². The van der Waals surface area contributed by atoms with Gasteiger partial charge in [-0.25, -0.2) is 9.78 Å². The Labute approximate surface area is 123 Å². The van der Waals surface area contributed by atoms with Crippen LogP contribution in [0.15, 0.2) is 14.3 Å². The monoisotopic (exact) mass is 344 g/mol. The number of aryl methyl sites for hydroxylation is 2. The van der Waals surface area contributed by atoms with Gasteiger partial charge in [0.2, 0.25) is 0 Å². The summed E-state index contributed by atoms with van der Waals surface area (Å²) in [4.78, 5) is 28.2. The van der Waals surface area contributed by atoms with E-state index in [0.29, 0.717) is 23.3 Å². The second-order valence-electron chi connectivity index (χ2n) is 5.47. The molecule has 7 nitrogen and oxygen atoms in total. The van der Waals surface area contributed by atoms with E-state index in [-0.39, 0.29) is 5.52 Å². The second kappa shape index (κ2) is 4.85. The van der Waals surface area contributed by atoms with Crippen LogP contribution >= 0.6 is 15.9 Å². The molecule has 0 saturated heterocycles. The van der Waals surface area contributed by atoms with Crippen LogP contribution < -0.4 is 11.2 Å². The molecule has 0 aliphatic carbocycles. The van der Waals surface area contributed by atoms with Gasteiger partial charge in [-0.3, -0.25) is 13.9 Å². The third-order valence-corrected chi connectivity index (χ3v) is 3.85. The van der Waals surface area contributed by atoms with Crippen molar-refractivity contribution in [3.8, 4) is 0 Å². The van der Waals surface area contributed by atoms with E-state index in [2.05, 4.69) is 20.9 Å². The van der Waals surface area contributed by atoms with Crippen LogP contribution in [0.4, 0.5) is 0 Å². The van der Waals surface area contributed by atoms with Crippen LogP contribution in [0.5, 0.6) is 0 Å². The van der Waals surface area contributed by atoms with Gasteiger partial charge in [-0.05, 0) is 36.2 Å². The van der Waals surface area contributed by atoms with E-state index in [9.17, 15) is 14.7 Å². The molecule has 0 saturated carbocycles. The average molecular weight is 345 g/mol. The minimum absolute atomic E-state index is 0.234. The number of fused-ring (bicyclic) bond motifs is 1. The molecule has 0 aliphatic rings. The topological polar surface area (TPSA) is 82.0 Å². The van der Waals surface area contributed by atoms with Gasteiger partial charge in [-0.15, -0.1) is 0 Å². The fourth-order valence-corrected chi connectivity index (χ4v) is 2.57. The molecule has 0 spiro atoms. The summed E-state index contributed by atoms with van der Waals surface area (Å²) in [5, 5.41) is 9.82. The highest BCUT2D eigenvalue weighted by atomic mass is 79.9. The Hall–Kier alpha value is -1.41. The van der Waals surface area contributed by atoms with Gasteiger partial charge in [0.05, 0.1) is 5.60 Å². The van der Waals surface area contributed by atoms with Gasteiger partial charge in [0.15, 0.2) is 15.9 Å². The molecule has 2 rings (SSSR count). The van der Waals surface area contributed by atoms with Crippen molar-refractivity contribution in [2.24, 2.45) is 14.1 Å². The highest BCUT2D eigenvalue weighted by molar-refractivity contribution is 9.10. The van der Waals surface area contributed by atoms with Crippen LogP contribution in [-0.2, 0) is 20.6 Å². The molecule has 0 bridgehead atoms. The first-order chi connectivity index (χ1) is 9.13. The molecule has 0 aliphatic heterocycles. The average Bonchev–Trinajstić information content (AvgIpc) is 2.67. The second-order valence-corrected chi connectivity index (χ2v) is 6.18. The smallest absolute Gasteiger partial charge is 0.332 e. The molecule has 2 aromatic rings. The zero-order valence-electron chi connectivity index (χ0n) is 11.8. The first-order valence-corrected chi connectivity index (χ1v) is 6.97. The van der Waals surface area contributed by atoms with Gasteiger partial charge in [-0.1, -0.05) is 0 Å². The Balaban J connectivity index is 2.71. The lowest BCUT2D eigenvalue weighted by molar-refractivity contribution is 0.0663. The maximum absolute atomic E-state index is 12.1. The Morgan fingerprint density at radius 1 is 1.25 bits per heavy atom. The molecule has 110 valence electrons. The predicted octanol–water partition coefficient (Wildman–Crippen LogP) is 0.357. The third kappa shape index (κ3) is 2.45. The number of nitrogens with zero attached hydrogens (tertiary/aromatic N) is 4. The molecule has 8 heteroatoms. The molecule has 20 heavy (non-hydrogen) atoms. The maximum Gasteiger partial charge on any atom is 0.332 e. The summed E-state index contributed by atoms with van der Waals surface area (Å²) >= 11 is 3.30. The van der Waals surface area contributed by atoms with Crippen LogP contribution in [0.3, 0.4) is 0 Å². The highest BCUT2D eigenvalue weighted by Crippen LogP contribution is 2.19. The van der Waals surface area contributed by atoms with Crippen molar-refractivity contribution in [2.75, 3.05) is 0 Å². The molecule has 0 aromatic carbocycles. The van der Waals surface area contributed by atoms with E-state index in [0.717, 1.165) is 4.57 Å². The Bertz CT molecular complexity index is 779. The van der Waals surface area contributed by atoms with Crippen LogP contribution in [0, 0.1) is 0 Å². The standard InChI is InChI=1S/C12H17BrN4O3/c1-12(2,20)5-6-17-8-7(14-10(17)13)9(18)16(4)11(19)15(8)3/h20H,5-6H2,1-4H3. The van der Waals surface area contributed by atoms with Gasteiger partial charge >= 0.3 is 5.69 Å². The highest BCUT2D eigenvalue weighted by Gasteiger charge is 2.20. The zero-order chi connectivity index (χ0) is 15.2. The summed E-state index contributed by atoms with van der Waals surface area (Å²) in [7, 11) is 3.02. The zero-order valence-corrected chi connectivity index (χ0v) is 13.4. The number of aliphatic hydroxyl groups is 1. The Morgan fingerprint density at radius 3 is 2.40 bits per heavy atom. The van der Waals surface area contributed by atoms with Crippen molar-refractivity contribution in [1.29, 1.82) is 0 Å². The number of aromatic nitrogens is 4. The fourth-order valence-electron chi connectivity index (χ4n) is 2.05. The van der Waals surface area contributed by atoms with Crippen molar-refractivity contribution < 1.29 is 5.11 Å². The van der Waals surface area contributed by atoms with Gasteiger partial charge < -0.3 is 9.67 Å². The molecule has 2 heterocycles. The van der Waals surface area contributed by atoms with Crippen LogP contribution in [-0.4, -0.2) is 29.4 Å². The lowest BCUT2D eigenvalue weighted by Gasteiger charge is -2.18. The first-order valence-electron chi connectivity index (χ1n) is 6.17. The molecular formula is C12H17BrN4O3. The number of hydrogen-bond donors (Lipinski definition) is 1. The largest absolute Gasteiger partial charge is 0.390 e. The molecule has 0 unspecified atom stereocenters. The molecular weight excluding hydrogens is 328 g/mol. The van der Waals surface area contributed by atoms with E-state index >= 15 is 0 Å². The van der Waals surface area contributed by atoms with E-state index in [1.807, 2.05) is 0 Å². The van der Waals surface area contributed by atoms with Crippen molar-refractivity contribution in [2.45, 2.75) is 32.4 Å². The minimum atomic E-state index is -0.839. The summed E-state index contributed by atoms with van der Waals surface area (Å²) in [6.07, 6.45) is 0.473. The SMILES string of the molecule is Cn1c(=O)c2nc(Br)n(CCC(C)(C)O)c2n(C)c1=O. The first kappa shape index (κ1) is 15.0. The third-order valence-electron chi connectivity index (χ3n) is 3.24.